The summed E-state index contributed by atoms with van der Waals surface area (Å²) in [6.45, 7) is 5.89. The van der Waals surface area contributed by atoms with Gasteiger partial charge in [0.25, 0.3) is 0 Å². The second-order valence-corrected chi connectivity index (χ2v) is 7.23. The van der Waals surface area contributed by atoms with Gasteiger partial charge in [-0.05, 0) is 36.5 Å². The molecule has 0 saturated heterocycles. The number of amides is 1. The lowest BCUT2D eigenvalue weighted by Gasteiger charge is -2.21. The molecule has 0 atom stereocenters. The first-order chi connectivity index (χ1) is 12.1. The summed E-state index contributed by atoms with van der Waals surface area (Å²) in [5.41, 5.74) is 1.99. The van der Waals surface area contributed by atoms with Gasteiger partial charge >= 0.3 is 0 Å². The number of rotatable bonds is 6. The van der Waals surface area contributed by atoms with E-state index in [1.54, 1.807) is 7.05 Å². The van der Waals surface area contributed by atoms with Crippen LogP contribution in [-0.4, -0.2) is 25.5 Å². The molecule has 6 heteroatoms. The molecule has 0 spiro atoms. The molecule has 0 heterocycles. The van der Waals surface area contributed by atoms with E-state index < -0.39 is 0 Å². The highest BCUT2D eigenvalue weighted by molar-refractivity contribution is 14.0. The van der Waals surface area contributed by atoms with Gasteiger partial charge < -0.3 is 16.0 Å². The number of hydrogen-bond donors (Lipinski definition) is 3. The Morgan fingerprint density at radius 3 is 2.58 bits per heavy atom. The molecule has 1 aliphatic rings. The van der Waals surface area contributed by atoms with Crippen LogP contribution in [0.1, 0.15) is 51.5 Å². The van der Waals surface area contributed by atoms with Crippen molar-refractivity contribution in [2.45, 2.75) is 52.5 Å². The van der Waals surface area contributed by atoms with E-state index in [1.165, 1.54) is 19.3 Å². The normalized spacial score (nSPS) is 15.3. The van der Waals surface area contributed by atoms with Crippen LogP contribution >= 0.6 is 24.0 Å². The number of nitrogens with zero attached hydrogens (tertiary/aromatic N) is 1. The van der Waals surface area contributed by atoms with E-state index in [-0.39, 0.29) is 35.8 Å². The molecule has 2 rings (SSSR count). The molecule has 0 aromatic heterocycles. The van der Waals surface area contributed by atoms with Gasteiger partial charge in [0.2, 0.25) is 5.91 Å². The minimum absolute atomic E-state index is 0. The summed E-state index contributed by atoms with van der Waals surface area (Å²) in [7, 11) is 1.77. The Bertz CT molecular complexity index is 583. The fourth-order valence-electron chi connectivity index (χ4n) is 3.08. The predicted molar refractivity (Wildman–Crippen MR) is 120 cm³/mol. The lowest BCUT2D eigenvalue weighted by molar-refractivity contribution is -0.120. The summed E-state index contributed by atoms with van der Waals surface area (Å²) < 4.78 is 0. The molecule has 1 fully saturated rings. The smallest absolute Gasteiger partial charge is 0.227 e. The Kier molecular flexibility index (Phi) is 10.6. The average molecular weight is 472 g/mol. The van der Waals surface area contributed by atoms with Crippen molar-refractivity contribution in [1.82, 2.24) is 10.6 Å². The second kappa shape index (κ2) is 12.1. The molecule has 0 radical (unpaired) electrons. The zero-order chi connectivity index (χ0) is 18.1. The van der Waals surface area contributed by atoms with Gasteiger partial charge in [0.15, 0.2) is 5.96 Å². The Morgan fingerprint density at radius 1 is 1.19 bits per heavy atom. The van der Waals surface area contributed by atoms with E-state index >= 15 is 0 Å². The van der Waals surface area contributed by atoms with Crippen molar-refractivity contribution < 1.29 is 4.79 Å². The van der Waals surface area contributed by atoms with Gasteiger partial charge in [-0.2, -0.15) is 0 Å². The predicted octanol–water partition coefficient (Wildman–Crippen LogP) is 4.14. The lowest BCUT2D eigenvalue weighted by Crippen LogP contribution is -2.38. The molecule has 5 nitrogen and oxygen atoms in total. The van der Waals surface area contributed by atoms with Crippen molar-refractivity contribution in [3.63, 3.8) is 0 Å². The van der Waals surface area contributed by atoms with Crippen LogP contribution in [0, 0.1) is 11.8 Å². The molecule has 1 aliphatic carbocycles. The third kappa shape index (κ3) is 7.93. The molecule has 1 saturated carbocycles. The first-order valence-corrected chi connectivity index (χ1v) is 9.43. The van der Waals surface area contributed by atoms with Gasteiger partial charge in [-0.25, -0.2) is 0 Å². The standard InChI is InChI=1S/C20H32N4O.HI/c1-15(2)13-22-20(21-3)23-14-16-8-7-11-18(12-16)24-19(25)17-9-5-4-6-10-17;/h7-8,11-12,15,17H,4-6,9-10,13-14H2,1-3H3,(H,24,25)(H2,21,22,23);1H. The maximum absolute atomic E-state index is 12.4. The van der Waals surface area contributed by atoms with E-state index in [0.717, 1.165) is 36.6 Å². The fraction of sp³-hybridized carbons (Fsp3) is 0.600. The molecule has 146 valence electrons. The Morgan fingerprint density at radius 2 is 1.92 bits per heavy atom. The summed E-state index contributed by atoms with van der Waals surface area (Å²) in [4.78, 5) is 16.6. The number of benzene rings is 1. The molecule has 1 aromatic rings. The van der Waals surface area contributed by atoms with Crippen molar-refractivity contribution in [2.75, 3.05) is 18.9 Å². The molecule has 0 unspecified atom stereocenters. The zero-order valence-corrected chi connectivity index (χ0v) is 18.5. The largest absolute Gasteiger partial charge is 0.356 e. The topological polar surface area (TPSA) is 65.5 Å². The fourth-order valence-corrected chi connectivity index (χ4v) is 3.08. The number of aliphatic imine (C=N–C) groups is 1. The highest BCUT2D eigenvalue weighted by Gasteiger charge is 2.20. The highest BCUT2D eigenvalue weighted by Crippen LogP contribution is 2.25. The van der Waals surface area contributed by atoms with Crippen LogP contribution in [0.3, 0.4) is 0 Å². The number of nitrogens with one attached hydrogen (secondary N) is 3. The molecular weight excluding hydrogens is 439 g/mol. The maximum atomic E-state index is 12.4. The van der Waals surface area contributed by atoms with Gasteiger partial charge in [0.05, 0.1) is 0 Å². The van der Waals surface area contributed by atoms with Crippen LogP contribution in [0.2, 0.25) is 0 Å². The minimum Gasteiger partial charge on any atom is -0.356 e. The Labute approximate surface area is 174 Å². The van der Waals surface area contributed by atoms with Gasteiger partial charge in [-0.1, -0.05) is 45.2 Å². The van der Waals surface area contributed by atoms with Crippen LogP contribution in [0.5, 0.6) is 0 Å². The van der Waals surface area contributed by atoms with Crippen LogP contribution in [0.15, 0.2) is 29.3 Å². The van der Waals surface area contributed by atoms with Crippen molar-refractivity contribution in [2.24, 2.45) is 16.8 Å². The summed E-state index contributed by atoms with van der Waals surface area (Å²) in [5.74, 6) is 1.70. The summed E-state index contributed by atoms with van der Waals surface area (Å²) >= 11 is 0. The van der Waals surface area contributed by atoms with Crippen LogP contribution in [0.25, 0.3) is 0 Å². The first kappa shape index (κ1) is 22.7. The monoisotopic (exact) mass is 472 g/mol. The highest BCUT2D eigenvalue weighted by atomic mass is 127. The van der Waals surface area contributed by atoms with Crippen molar-refractivity contribution in [3.05, 3.63) is 29.8 Å². The van der Waals surface area contributed by atoms with Gasteiger partial charge in [-0.15, -0.1) is 24.0 Å². The number of carbonyl (C=O) groups excluding carboxylic acids is 1. The number of hydrogen-bond acceptors (Lipinski definition) is 2. The van der Waals surface area contributed by atoms with Crippen molar-refractivity contribution >= 4 is 41.5 Å². The van der Waals surface area contributed by atoms with E-state index in [0.29, 0.717) is 12.5 Å². The third-order valence-corrected chi connectivity index (χ3v) is 4.53. The Balaban J connectivity index is 0.00000338. The second-order valence-electron chi connectivity index (χ2n) is 7.23. The molecule has 3 N–H and O–H groups in total. The molecule has 1 aromatic carbocycles. The van der Waals surface area contributed by atoms with Crippen LogP contribution in [0.4, 0.5) is 5.69 Å². The summed E-state index contributed by atoms with van der Waals surface area (Å²) in [5, 5.41) is 9.69. The summed E-state index contributed by atoms with van der Waals surface area (Å²) in [6, 6.07) is 8.02. The molecule has 0 aliphatic heterocycles. The number of guanidine groups is 1. The summed E-state index contributed by atoms with van der Waals surface area (Å²) in [6.07, 6.45) is 5.64. The quantitative estimate of drug-likeness (QED) is 0.331. The van der Waals surface area contributed by atoms with E-state index in [2.05, 4.69) is 40.9 Å². The molecule has 26 heavy (non-hydrogen) atoms. The SMILES string of the molecule is CN=C(NCc1cccc(NC(=O)C2CCCCC2)c1)NCC(C)C.I. The number of halogens is 1. The Hall–Kier alpha value is -1.31. The number of anilines is 1. The lowest BCUT2D eigenvalue weighted by atomic mass is 9.88. The van der Waals surface area contributed by atoms with E-state index in [4.69, 9.17) is 0 Å². The van der Waals surface area contributed by atoms with Crippen molar-refractivity contribution in [1.29, 1.82) is 0 Å². The van der Waals surface area contributed by atoms with Gasteiger partial charge in [0.1, 0.15) is 0 Å². The average Bonchev–Trinajstić information content (AvgIpc) is 2.62. The van der Waals surface area contributed by atoms with Gasteiger partial charge in [0, 0.05) is 31.7 Å². The molecule has 1 amide bonds. The zero-order valence-electron chi connectivity index (χ0n) is 16.2. The maximum Gasteiger partial charge on any atom is 0.227 e. The van der Waals surface area contributed by atoms with Crippen LogP contribution in [-0.2, 0) is 11.3 Å². The minimum atomic E-state index is 0. The van der Waals surface area contributed by atoms with Gasteiger partial charge in [-0.3, -0.25) is 9.79 Å². The van der Waals surface area contributed by atoms with E-state index in [1.807, 2.05) is 18.2 Å². The molecular formula is C20H33IN4O. The van der Waals surface area contributed by atoms with Crippen molar-refractivity contribution in [3.8, 4) is 0 Å². The molecule has 0 bridgehead atoms. The third-order valence-electron chi connectivity index (χ3n) is 4.53. The first-order valence-electron chi connectivity index (χ1n) is 9.43. The van der Waals surface area contributed by atoms with Crippen LogP contribution < -0.4 is 16.0 Å². The number of carbonyl (C=O) groups is 1. The van der Waals surface area contributed by atoms with E-state index in [9.17, 15) is 4.79 Å².